The zero-order valence-corrected chi connectivity index (χ0v) is 16.9. The van der Waals surface area contributed by atoms with E-state index in [1.807, 2.05) is 0 Å². The number of hydrogen-bond donors (Lipinski definition) is 0. The van der Waals surface area contributed by atoms with Crippen molar-refractivity contribution in [3.63, 3.8) is 0 Å². The second kappa shape index (κ2) is 10.0. The van der Waals surface area contributed by atoms with E-state index in [1.165, 1.54) is 31.2 Å². The van der Waals surface area contributed by atoms with Crippen LogP contribution in [0.25, 0.3) is 5.76 Å². The van der Waals surface area contributed by atoms with Gasteiger partial charge >= 0.3 is 11.9 Å². The van der Waals surface area contributed by atoms with Crippen molar-refractivity contribution >= 4 is 23.5 Å². The fraction of sp³-hybridized carbons (Fsp3) is 0.125. The molecule has 0 radical (unpaired) electrons. The van der Waals surface area contributed by atoms with Gasteiger partial charge in [-0.25, -0.2) is 9.59 Å². The van der Waals surface area contributed by atoms with Gasteiger partial charge in [0, 0.05) is 22.8 Å². The lowest BCUT2D eigenvalue weighted by molar-refractivity contribution is -0.134. The molecule has 2 rings (SSSR count). The minimum Gasteiger partial charge on any atom is -0.460 e. The molecule has 0 N–H and O–H groups in total. The Morgan fingerprint density at radius 1 is 1.07 bits per heavy atom. The van der Waals surface area contributed by atoms with Gasteiger partial charge in [0.25, 0.3) is 0 Å². The first-order valence-corrected chi connectivity index (χ1v) is 9.01. The molecule has 6 heteroatoms. The third kappa shape index (κ3) is 6.31. The van der Waals surface area contributed by atoms with Crippen molar-refractivity contribution in [3.05, 3.63) is 96.5 Å². The lowest BCUT2D eigenvalue weighted by atomic mass is 10.1. The number of carbonyl (C=O) groups excluding carboxylic acids is 3. The van der Waals surface area contributed by atoms with Crippen LogP contribution in [0, 0.1) is 0 Å². The van der Waals surface area contributed by atoms with Crippen LogP contribution in [0.4, 0.5) is 0 Å². The van der Waals surface area contributed by atoms with Crippen molar-refractivity contribution in [2.45, 2.75) is 20.3 Å². The molecule has 6 nitrogen and oxygen atoms in total. The van der Waals surface area contributed by atoms with Gasteiger partial charge in [-0.1, -0.05) is 19.7 Å². The third-order valence-corrected chi connectivity index (χ3v) is 3.77. The maximum absolute atomic E-state index is 12.1. The lowest BCUT2D eigenvalue weighted by Crippen LogP contribution is -2.09. The molecule has 1 heterocycles. The van der Waals surface area contributed by atoms with Crippen LogP contribution in [0.2, 0.25) is 0 Å². The Kier molecular flexibility index (Phi) is 7.47. The van der Waals surface area contributed by atoms with Gasteiger partial charge < -0.3 is 14.2 Å². The van der Waals surface area contributed by atoms with E-state index in [-0.39, 0.29) is 23.5 Å². The summed E-state index contributed by atoms with van der Waals surface area (Å²) in [7, 11) is 0. The quantitative estimate of drug-likeness (QED) is 0.217. The van der Waals surface area contributed by atoms with E-state index >= 15 is 0 Å². The van der Waals surface area contributed by atoms with E-state index in [2.05, 4.69) is 19.7 Å². The fourth-order valence-corrected chi connectivity index (χ4v) is 2.21. The first kappa shape index (κ1) is 22.4. The molecule has 0 unspecified atom stereocenters. The molecule has 0 bridgehead atoms. The lowest BCUT2D eigenvalue weighted by Gasteiger charge is -2.17. The highest BCUT2D eigenvalue weighted by Gasteiger charge is 2.18. The van der Waals surface area contributed by atoms with Crippen molar-refractivity contribution < 1.29 is 28.6 Å². The summed E-state index contributed by atoms with van der Waals surface area (Å²) in [4.78, 5) is 35.3. The van der Waals surface area contributed by atoms with Crippen LogP contribution in [0.3, 0.4) is 0 Å². The number of rotatable bonds is 7. The van der Waals surface area contributed by atoms with E-state index in [0.717, 1.165) is 0 Å². The zero-order chi connectivity index (χ0) is 22.3. The molecular weight excluding hydrogens is 384 g/mol. The number of carbonyl (C=O) groups is 3. The van der Waals surface area contributed by atoms with Gasteiger partial charge in [-0.05, 0) is 56.3 Å². The first-order valence-electron chi connectivity index (χ1n) is 9.01. The molecule has 0 amide bonds. The van der Waals surface area contributed by atoms with E-state index in [9.17, 15) is 14.4 Å². The van der Waals surface area contributed by atoms with Crippen LogP contribution in [0.15, 0.2) is 91.0 Å². The SMILES string of the molecule is C=C/C(=C\C=C1/CC(=O)C=C(c2ccc(OC(=O)C(=C)C)cc2)O1)OC(=O)C(=C)C. The molecular formula is C24H22O6. The van der Waals surface area contributed by atoms with Crippen molar-refractivity contribution in [2.24, 2.45) is 0 Å². The molecule has 30 heavy (non-hydrogen) atoms. The Morgan fingerprint density at radius 2 is 1.70 bits per heavy atom. The molecule has 0 fully saturated rings. The second-order valence-electron chi connectivity index (χ2n) is 6.52. The fourth-order valence-electron chi connectivity index (χ4n) is 2.21. The highest BCUT2D eigenvalue weighted by Crippen LogP contribution is 2.27. The second-order valence-corrected chi connectivity index (χ2v) is 6.52. The molecule has 1 aliphatic rings. The van der Waals surface area contributed by atoms with Crippen molar-refractivity contribution in [1.82, 2.24) is 0 Å². The Hall–Kier alpha value is -3.93. The Bertz CT molecular complexity index is 1000. The number of ketones is 1. The predicted molar refractivity (Wildman–Crippen MR) is 113 cm³/mol. The molecule has 0 spiro atoms. The topological polar surface area (TPSA) is 78.9 Å². The van der Waals surface area contributed by atoms with Crippen LogP contribution >= 0.6 is 0 Å². The van der Waals surface area contributed by atoms with Crippen LogP contribution in [-0.2, 0) is 23.9 Å². The minimum absolute atomic E-state index is 0.0627. The smallest absolute Gasteiger partial charge is 0.338 e. The monoisotopic (exact) mass is 406 g/mol. The zero-order valence-electron chi connectivity index (χ0n) is 16.9. The molecule has 0 aromatic heterocycles. The molecule has 0 atom stereocenters. The van der Waals surface area contributed by atoms with E-state index in [0.29, 0.717) is 28.4 Å². The summed E-state index contributed by atoms with van der Waals surface area (Å²) in [6.07, 6.45) is 5.85. The predicted octanol–water partition coefficient (Wildman–Crippen LogP) is 4.57. The maximum Gasteiger partial charge on any atom is 0.338 e. The van der Waals surface area contributed by atoms with Gasteiger partial charge in [0.15, 0.2) is 5.78 Å². The van der Waals surface area contributed by atoms with E-state index < -0.39 is 11.9 Å². The van der Waals surface area contributed by atoms with Gasteiger partial charge in [0.2, 0.25) is 0 Å². The summed E-state index contributed by atoms with van der Waals surface area (Å²) in [5.41, 5.74) is 1.17. The molecule has 1 aromatic rings. The first-order chi connectivity index (χ1) is 14.2. The Balaban J connectivity index is 2.16. The van der Waals surface area contributed by atoms with Crippen LogP contribution in [0.1, 0.15) is 25.8 Å². The number of esters is 2. The summed E-state index contributed by atoms with van der Waals surface area (Å²) >= 11 is 0. The van der Waals surface area contributed by atoms with Gasteiger partial charge in [0.05, 0.1) is 6.42 Å². The Morgan fingerprint density at radius 3 is 2.27 bits per heavy atom. The Labute approximate surface area is 175 Å². The molecule has 1 aliphatic heterocycles. The summed E-state index contributed by atoms with van der Waals surface area (Å²) in [6.45, 7) is 13.7. The van der Waals surface area contributed by atoms with Gasteiger partial charge in [-0.3, -0.25) is 4.79 Å². The summed E-state index contributed by atoms with van der Waals surface area (Å²) in [6, 6.07) is 6.52. The standard InChI is InChI=1S/C24H22O6/c1-6-19(29-23(26)15(2)3)11-12-21-13-18(25)14-22(28-21)17-7-9-20(10-8-17)30-24(27)16(4)5/h6-12,14H,1-2,4,13H2,3,5H3/b19-11+,21-12+. The van der Waals surface area contributed by atoms with Crippen LogP contribution in [0.5, 0.6) is 5.75 Å². The molecule has 154 valence electrons. The van der Waals surface area contributed by atoms with Crippen LogP contribution < -0.4 is 4.74 Å². The van der Waals surface area contributed by atoms with Gasteiger partial charge in [-0.15, -0.1) is 0 Å². The third-order valence-electron chi connectivity index (χ3n) is 3.77. The average Bonchev–Trinajstić information content (AvgIpc) is 2.70. The normalized spacial score (nSPS) is 15.0. The maximum atomic E-state index is 12.1. The van der Waals surface area contributed by atoms with Crippen LogP contribution in [-0.4, -0.2) is 17.7 Å². The molecule has 1 aromatic carbocycles. The minimum atomic E-state index is -0.576. The largest absolute Gasteiger partial charge is 0.460 e. The number of benzene rings is 1. The van der Waals surface area contributed by atoms with Crippen molar-refractivity contribution in [3.8, 4) is 5.75 Å². The molecule has 0 aliphatic carbocycles. The summed E-state index contributed by atoms with van der Waals surface area (Å²) in [5.74, 6) is 0.0349. The number of hydrogen-bond acceptors (Lipinski definition) is 6. The average molecular weight is 406 g/mol. The van der Waals surface area contributed by atoms with Crippen molar-refractivity contribution in [1.29, 1.82) is 0 Å². The molecule has 0 saturated heterocycles. The number of ether oxygens (including phenoxy) is 3. The van der Waals surface area contributed by atoms with Crippen molar-refractivity contribution in [2.75, 3.05) is 0 Å². The number of allylic oxidation sites excluding steroid dienone is 5. The summed E-state index contributed by atoms with van der Waals surface area (Å²) < 4.78 is 16.0. The van der Waals surface area contributed by atoms with E-state index in [1.54, 1.807) is 31.2 Å². The van der Waals surface area contributed by atoms with Gasteiger partial charge in [0.1, 0.15) is 23.0 Å². The van der Waals surface area contributed by atoms with Gasteiger partial charge in [-0.2, -0.15) is 0 Å². The van der Waals surface area contributed by atoms with E-state index in [4.69, 9.17) is 14.2 Å². The highest BCUT2D eigenvalue weighted by atomic mass is 16.5. The molecule has 0 saturated carbocycles. The highest BCUT2D eigenvalue weighted by molar-refractivity contribution is 5.98. The summed E-state index contributed by atoms with van der Waals surface area (Å²) in [5, 5.41) is 0.